The number of benzene rings is 1. The predicted octanol–water partition coefficient (Wildman–Crippen LogP) is 0.807. The number of piperidine rings is 1. The number of H-pyrrole nitrogens is 1. The Bertz CT molecular complexity index is 1020. The van der Waals surface area contributed by atoms with Gasteiger partial charge in [0.05, 0.1) is 5.69 Å². The normalized spacial score (nSPS) is 25.1. The zero-order valence-corrected chi connectivity index (χ0v) is 14.5. The Morgan fingerprint density at radius 3 is 2.70 bits per heavy atom. The molecule has 2 fully saturated rings. The summed E-state index contributed by atoms with van der Waals surface area (Å²) in [4.78, 5) is 28.5. The van der Waals surface area contributed by atoms with Crippen molar-refractivity contribution in [3.8, 4) is 17.0 Å². The van der Waals surface area contributed by atoms with Gasteiger partial charge in [-0.2, -0.15) is 0 Å². The molecule has 0 spiro atoms. The van der Waals surface area contributed by atoms with Crippen molar-refractivity contribution in [1.82, 2.24) is 4.98 Å². The number of carbonyl (C=O) groups is 1. The Labute approximate surface area is 154 Å². The molecule has 3 aliphatic rings. The van der Waals surface area contributed by atoms with Gasteiger partial charge in [0.15, 0.2) is 5.56 Å². The maximum atomic E-state index is 12.2. The second-order valence-corrected chi connectivity index (χ2v) is 7.55. The smallest absolute Gasteiger partial charge is 0.345 e. The first-order chi connectivity index (χ1) is 13.0. The van der Waals surface area contributed by atoms with E-state index in [1.165, 1.54) is 0 Å². The molecular weight excluding hydrogens is 348 g/mol. The highest BCUT2D eigenvalue weighted by molar-refractivity contribution is 5.93. The maximum Gasteiger partial charge on any atom is 0.345 e. The van der Waals surface area contributed by atoms with E-state index in [1.807, 2.05) is 18.2 Å². The van der Waals surface area contributed by atoms with Crippen molar-refractivity contribution in [2.45, 2.75) is 12.5 Å². The van der Waals surface area contributed by atoms with E-state index in [0.29, 0.717) is 42.1 Å². The first-order valence-corrected chi connectivity index (χ1v) is 9.06. The van der Waals surface area contributed by atoms with Gasteiger partial charge in [0, 0.05) is 48.2 Å². The standard InChI is InChI=1S/C19H20N4O4/c20-15-11-6-23(7-12(11)15)8-1-2-9-13(5-8)21-4-3-10-16(9)22-18(25)14(17(10)24)19(26)27/h1-2,5,11-12,15,21H,3-4,6-7,20H2,(H,26,27)(H2,22,24,25)/t11-,12?,15?/m0/s1. The Morgan fingerprint density at radius 1 is 1.26 bits per heavy atom. The molecule has 2 aromatic rings. The zero-order valence-electron chi connectivity index (χ0n) is 14.5. The molecule has 2 unspecified atom stereocenters. The van der Waals surface area contributed by atoms with Gasteiger partial charge < -0.3 is 31.1 Å². The number of aromatic hydroxyl groups is 1. The van der Waals surface area contributed by atoms with Crippen molar-refractivity contribution in [2.75, 3.05) is 29.9 Å². The number of aromatic amines is 1. The summed E-state index contributed by atoms with van der Waals surface area (Å²) in [6.07, 6.45) is 0.408. The number of nitrogens with two attached hydrogens (primary N) is 1. The summed E-state index contributed by atoms with van der Waals surface area (Å²) >= 11 is 0. The molecule has 140 valence electrons. The second kappa shape index (κ2) is 5.50. The van der Waals surface area contributed by atoms with Crippen LogP contribution in [0.1, 0.15) is 15.9 Å². The van der Waals surface area contributed by atoms with E-state index in [-0.39, 0.29) is 0 Å². The van der Waals surface area contributed by atoms with Gasteiger partial charge in [0.2, 0.25) is 0 Å². The van der Waals surface area contributed by atoms with E-state index < -0.39 is 22.8 Å². The largest absolute Gasteiger partial charge is 0.506 e. The molecule has 0 radical (unpaired) electrons. The Balaban J connectivity index is 1.57. The third-order valence-corrected chi connectivity index (χ3v) is 6.09. The molecule has 3 heterocycles. The van der Waals surface area contributed by atoms with Crippen LogP contribution in [0, 0.1) is 11.8 Å². The second-order valence-electron chi connectivity index (χ2n) is 7.55. The fraction of sp³-hybridized carbons (Fsp3) is 0.368. The predicted molar refractivity (Wildman–Crippen MR) is 100 cm³/mol. The third kappa shape index (κ3) is 2.33. The van der Waals surface area contributed by atoms with E-state index >= 15 is 0 Å². The minimum atomic E-state index is -1.44. The van der Waals surface area contributed by atoms with Gasteiger partial charge in [-0.25, -0.2) is 4.79 Å². The van der Waals surface area contributed by atoms with Crippen molar-refractivity contribution < 1.29 is 15.0 Å². The molecule has 6 N–H and O–H groups in total. The molecule has 5 rings (SSSR count). The third-order valence-electron chi connectivity index (χ3n) is 6.09. The number of hydrogen-bond acceptors (Lipinski definition) is 6. The van der Waals surface area contributed by atoms with Crippen LogP contribution in [-0.4, -0.2) is 46.8 Å². The number of aromatic nitrogens is 1. The minimum Gasteiger partial charge on any atom is -0.506 e. The summed E-state index contributed by atoms with van der Waals surface area (Å²) in [5.74, 6) is -0.718. The molecular formula is C19H20N4O4. The number of fused-ring (bicyclic) bond motifs is 4. The van der Waals surface area contributed by atoms with E-state index in [4.69, 9.17) is 5.73 Å². The summed E-state index contributed by atoms with van der Waals surface area (Å²) in [5.41, 5.74) is 8.22. The van der Waals surface area contributed by atoms with Gasteiger partial charge in [-0.05, 0) is 36.5 Å². The highest BCUT2D eigenvalue weighted by Crippen LogP contribution is 2.46. The highest BCUT2D eigenvalue weighted by atomic mass is 16.4. The quantitative estimate of drug-likeness (QED) is 0.530. The van der Waals surface area contributed by atoms with Gasteiger partial charge in [-0.15, -0.1) is 0 Å². The average Bonchev–Trinajstić information content (AvgIpc) is 3.06. The Hall–Kier alpha value is -3.00. The lowest BCUT2D eigenvalue weighted by Crippen LogP contribution is -2.27. The Morgan fingerprint density at radius 2 is 2.00 bits per heavy atom. The number of aromatic carboxylic acids is 1. The number of nitrogens with zero attached hydrogens (tertiary/aromatic N) is 1. The van der Waals surface area contributed by atoms with Crippen molar-refractivity contribution in [3.63, 3.8) is 0 Å². The number of hydrogen-bond donors (Lipinski definition) is 5. The summed E-state index contributed by atoms with van der Waals surface area (Å²) in [7, 11) is 0. The molecule has 8 heteroatoms. The van der Waals surface area contributed by atoms with Crippen molar-refractivity contribution >= 4 is 17.3 Å². The van der Waals surface area contributed by atoms with E-state index in [0.717, 1.165) is 30.0 Å². The van der Waals surface area contributed by atoms with Crippen LogP contribution in [-0.2, 0) is 6.42 Å². The maximum absolute atomic E-state index is 12.2. The van der Waals surface area contributed by atoms with Crippen LogP contribution in [0.5, 0.6) is 5.75 Å². The first kappa shape index (κ1) is 16.2. The summed E-state index contributed by atoms with van der Waals surface area (Å²) in [6, 6.07) is 6.28. The van der Waals surface area contributed by atoms with E-state index in [9.17, 15) is 19.8 Å². The lowest BCUT2D eigenvalue weighted by molar-refractivity contribution is 0.0691. The molecule has 1 aromatic heterocycles. The van der Waals surface area contributed by atoms with E-state index in [1.54, 1.807) is 0 Å². The van der Waals surface area contributed by atoms with Crippen molar-refractivity contribution in [1.29, 1.82) is 0 Å². The fourth-order valence-electron chi connectivity index (χ4n) is 4.50. The highest BCUT2D eigenvalue weighted by Gasteiger charge is 2.53. The molecule has 2 aliphatic heterocycles. The summed E-state index contributed by atoms with van der Waals surface area (Å²) in [5, 5.41) is 22.9. The average molecular weight is 368 g/mol. The number of pyridine rings is 1. The molecule has 1 saturated carbocycles. The Kier molecular flexibility index (Phi) is 3.30. The van der Waals surface area contributed by atoms with Crippen LogP contribution in [0.15, 0.2) is 23.0 Å². The van der Waals surface area contributed by atoms with Crippen LogP contribution in [0.3, 0.4) is 0 Å². The van der Waals surface area contributed by atoms with Crippen LogP contribution < -0.4 is 21.5 Å². The molecule has 1 aromatic carbocycles. The molecule has 27 heavy (non-hydrogen) atoms. The summed E-state index contributed by atoms with van der Waals surface area (Å²) < 4.78 is 0. The lowest BCUT2D eigenvalue weighted by atomic mass is 10.00. The van der Waals surface area contributed by atoms with Crippen molar-refractivity contribution in [3.05, 3.63) is 39.7 Å². The molecule has 3 atom stereocenters. The van der Waals surface area contributed by atoms with Gasteiger partial charge in [0.1, 0.15) is 5.75 Å². The van der Waals surface area contributed by atoms with Crippen LogP contribution in [0.25, 0.3) is 11.3 Å². The van der Waals surface area contributed by atoms with Crippen LogP contribution in [0.2, 0.25) is 0 Å². The molecule has 1 aliphatic carbocycles. The first-order valence-electron chi connectivity index (χ1n) is 9.06. The molecule has 8 nitrogen and oxygen atoms in total. The van der Waals surface area contributed by atoms with Gasteiger partial charge >= 0.3 is 5.97 Å². The molecule has 1 saturated heterocycles. The number of carboxylic acid groups (broad SMARTS) is 1. The minimum absolute atomic E-state index is 0.337. The fourth-order valence-corrected chi connectivity index (χ4v) is 4.50. The SMILES string of the molecule is NC1C2CN(c3ccc4c(c3)NCCc3c-4[nH]c(=O)c(C(=O)O)c3O)C[C@H]12. The zero-order chi connectivity index (χ0) is 18.9. The number of carboxylic acids is 1. The van der Waals surface area contributed by atoms with Gasteiger partial charge in [0.25, 0.3) is 5.56 Å². The lowest BCUT2D eigenvalue weighted by Gasteiger charge is -2.23. The molecule has 0 bridgehead atoms. The monoisotopic (exact) mass is 368 g/mol. The number of nitrogens with one attached hydrogen (secondary N) is 2. The van der Waals surface area contributed by atoms with Gasteiger partial charge in [-0.1, -0.05) is 0 Å². The summed E-state index contributed by atoms with van der Waals surface area (Å²) in [6.45, 7) is 2.44. The molecule has 0 amide bonds. The van der Waals surface area contributed by atoms with Crippen molar-refractivity contribution in [2.24, 2.45) is 17.6 Å². The van der Waals surface area contributed by atoms with Crippen LogP contribution >= 0.6 is 0 Å². The topological polar surface area (TPSA) is 132 Å². The van der Waals surface area contributed by atoms with E-state index in [2.05, 4.69) is 15.2 Å². The van der Waals surface area contributed by atoms with Crippen LogP contribution in [0.4, 0.5) is 11.4 Å². The number of anilines is 2. The number of rotatable bonds is 2. The van der Waals surface area contributed by atoms with Gasteiger partial charge in [-0.3, -0.25) is 4.79 Å².